The number of hydrogen-bond acceptors (Lipinski definition) is 4. The number of carbonyl (C=O) groups excluding carboxylic acids is 3. The summed E-state index contributed by atoms with van der Waals surface area (Å²) in [5.41, 5.74) is 1.59. The number of carbonyl (C=O) groups is 3. The molecule has 0 aliphatic rings. The third kappa shape index (κ3) is 6.34. The lowest BCUT2D eigenvalue weighted by Gasteiger charge is -2.22. The summed E-state index contributed by atoms with van der Waals surface area (Å²) in [4.78, 5) is 36.6. The van der Waals surface area contributed by atoms with Gasteiger partial charge in [0.1, 0.15) is 11.8 Å². The predicted molar refractivity (Wildman–Crippen MR) is 113 cm³/mol. The molecule has 154 valence electrons. The van der Waals surface area contributed by atoms with E-state index in [0.717, 1.165) is 0 Å². The number of benzene rings is 2. The highest BCUT2D eigenvalue weighted by Crippen LogP contribution is 2.19. The highest BCUT2D eigenvalue weighted by molar-refractivity contribution is 6.02. The minimum atomic E-state index is -0.729. The van der Waals surface area contributed by atoms with Crippen molar-refractivity contribution in [1.29, 1.82) is 0 Å². The van der Waals surface area contributed by atoms with Gasteiger partial charge in [0.25, 0.3) is 5.91 Å². The van der Waals surface area contributed by atoms with E-state index in [2.05, 4.69) is 16.0 Å². The average Bonchev–Trinajstić information content (AvgIpc) is 2.67. The molecule has 1 atom stereocenters. The van der Waals surface area contributed by atoms with Crippen molar-refractivity contribution < 1.29 is 19.1 Å². The molecule has 7 nitrogen and oxygen atoms in total. The van der Waals surface area contributed by atoms with Gasteiger partial charge in [-0.25, -0.2) is 0 Å². The van der Waals surface area contributed by atoms with Gasteiger partial charge in [-0.1, -0.05) is 26.0 Å². The first-order chi connectivity index (χ1) is 13.8. The quantitative estimate of drug-likeness (QED) is 0.636. The molecule has 2 aromatic carbocycles. The third-order valence-electron chi connectivity index (χ3n) is 4.14. The summed E-state index contributed by atoms with van der Waals surface area (Å²) in [6, 6.07) is 13.0. The molecule has 0 spiro atoms. The predicted octanol–water partition coefficient (Wildman–Crippen LogP) is 3.44. The maximum Gasteiger partial charge on any atom is 0.255 e. The molecule has 0 aliphatic heterocycles. The fraction of sp³-hybridized carbons (Fsp3) is 0.318. The topological polar surface area (TPSA) is 96.5 Å². The second kappa shape index (κ2) is 10.3. The van der Waals surface area contributed by atoms with Gasteiger partial charge >= 0.3 is 0 Å². The van der Waals surface area contributed by atoms with Gasteiger partial charge in [0.15, 0.2) is 0 Å². The molecular weight excluding hydrogens is 370 g/mol. The van der Waals surface area contributed by atoms with Crippen molar-refractivity contribution in [2.75, 3.05) is 17.2 Å². The molecule has 0 bridgehead atoms. The van der Waals surface area contributed by atoms with Gasteiger partial charge in [0.05, 0.1) is 12.2 Å². The number of rotatable bonds is 8. The van der Waals surface area contributed by atoms with Crippen LogP contribution in [0.5, 0.6) is 5.75 Å². The van der Waals surface area contributed by atoms with Crippen LogP contribution < -0.4 is 20.7 Å². The molecular formula is C22H27N3O4. The first kappa shape index (κ1) is 21.9. The molecule has 2 aromatic rings. The van der Waals surface area contributed by atoms with Gasteiger partial charge < -0.3 is 20.7 Å². The molecule has 3 N–H and O–H groups in total. The van der Waals surface area contributed by atoms with Gasteiger partial charge in [-0.15, -0.1) is 0 Å². The van der Waals surface area contributed by atoms with E-state index in [9.17, 15) is 14.4 Å². The van der Waals surface area contributed by atoms with E-state index in [1.165, 1.54) is 6.92 Å². The molecule has 7 heteroatoms. The Bertz CT molecular complexity index is 863. The van der Waals surface area contributed by atoms with Crippen LogP contribution in [0.3, 0.4) is 0 Å². The Hall–Kier alpha value is -3.35. The fourth-order valence-corrected chi connectivity index (χ4v) is 2.75. The first-order valence-electron chi connectivity index (χ1n) is 9.53. The number of ether oxygens (including phenoxy) is 1. The van der Waals surface area contributed by atoms with E-state index in [1.807, 2.05) is 20.8 Å². The molecule has 0 fully saturated rings. The Labute approximate surface area is 170 Å². The van der Waals surface area contributed by atoms with E-state index in [1.54, 1.807) is 48.5 Å². The van der Waals surface area contributed by atoms with Crippen LogP contribution in [0.15, 0.2) is 48.5 Å². The van der Waals surface area contributed by atoms with Crippen molar-refractivity contribution in [2.24, 2.45) is 5.92 Å². The van der Waals surface area contributed by atoms with Gasteiger partial charge in [0, 0.05) is 18.3 Å². The Morgan fingerprint density at radius 3 is 2.07 bits per heavy atom. The van der Waals surface area contributed by atoms with E-state index in [-0.39, 0.29) is 23.6 Å². The molecule has 0 radical (unpaired) electrons. The van der Waals surface area contributed by atoms with Crippen LogP contribution in [-0.4, -0.2) is 30.4 Å². The van der Waals surface area contributed by atoms with Crippen molar-refractivity contribution in [3.05, 3.63) is 54.1 Å². The molecule has 2 rings (SSSR count). The normalized spacial score (nSPS) is 11.5. The van der Waals surface area contributed by atoms with Crippen molar-refractivity contribution >= 4 is 29.1 Å². The van der Waals surface area contributed by atoms with Crippen molar-refractivity contribution in [2.45, 2.75) is 33.7 Å². The first-order valence-corrected chi connectivity index (χ1v) is 9.53. The number of amides is 3. The van der Waals surface area contributed by atoms with Crippen molar-refractivity contribution in [3.63, 3.8) is 0 Å². The number of hydrogen-bond donors (Lipinski definition) is 3. The van der Waals surface area contributed by atoms with E-state index in [4.69, 9.17) is 4.74 Å². The molecule has 29 heavy (non-hydrogen) atoms. The smallest absolute Gasteiger partial charge is 0.255 e. The number of para-hydroxylation sites is 1. The summed E-state index contributed by atoms with van der Waals surface area (Å²) >= 11 is 0. The molecule has 3 amide bonds. The Morgan fingerprint density at radius 2 is 1.52 bits per heavy atom. The summed E-state index contributed by atoms with van der Waals surface area (Å²) < 4.78 is 5.50. The van der Waals surface area contributed by atoms with E-state index >= 15 is 0 Å². The van der Waals surface area contributed by atoms with Gasteiger partial charge in [-0.3, -0.25) is 14.4 Å². The summed E-state index contributed by atoms with van der Waals surface area (Å²) in [5, 5.41) is 8.27. The van der Waals surface area contributed by atoms with Crippen LogP contribution in [0.1, 0.15) is 38.1 Å². The molecule has 0 heterocycles. The maximum absolute atomic E-state index is 12.8. The largest absolute Gasteiger partial charge is 0.493 e. The lowest BCUT2D eigenvalue weighted by Crippen LogP contribution is -2.47. The van der Waals surface area contributed by atoms with Gasteiger partial charge in [-0.2, -0.15) is 0 Å². The molecule has 0 aliphatic carbocycles. The second-order valence-electron chi connectivity index (χ2n) is 6.87. The van der Waals surface area contributed by atoms with Gasteiger partial charge in [0.2, 0.25) is 11.8 Å². The average molecular weight is 397 g/mol. The Morgan fingerprint density at radius 1 is 0.931 bits per heavy atom. The number of nitrogens with one attached hydrogen (secondary N) is 3. The van der Waals surface area contributed by atoms with Crippen LogP contribution in [0.25, 0.3) is 0 Å². The summed E-state index contributed by atoms with van der Waals surface area (Å²) in [7, 11) is 0. The molecule has 1 unspecified atom stereocenters. The van der Waals surface area contributed by atoms with Crippen molar-refractivity contribution in [3.8, 4) is 5.75 Å². The molecule has 0 saturated heterocycles. The Kier molecular flexibility index (Phi) is 7.77. The molecule has 0 saturated carbocycles. The summed E-state index contributed by atoms with van der Waals surface area (Å²) in [6.07, 6.45) is 0. The van der Waals surface area contributed by atoms with Crippen molar-refractivity contribution in [1.82, 2.24) is 5.32 Å². The second-order valence-corrected chi connectivity index (χ2v) is 6.87. The minimum Gasteiger partial charge on any atom is -0.493 e. The van der Waals surface area contributed by atoms with Crippen LogP contribution >= 0.6 is 0 Å². The highest BCUT2D eigenvalue weighted by atomic mass is 16.5. The zero-order chi connectivity index (χ0) is 21.4. The zero-order valence-electron chi connectivity index (χ0n) is 17.1. The monoisotopic (exact) mass is 397 g/mol. The lowest BCUT2D eigenvalue weighted by molar-refractivity contribution is -0.119. The highest BCUT2D eigenvalue weighted by Gasteiger charge is 2.26. The Balaban J connectivity index is 2.10. The molecule has 0 aromatic heterocycles. The van der Waals surface area contributed by atoms with Crippen LogP contribution in [0.4, 0.5) is 11.4 Å². The van der Waals surface area contributed by atoms with E-state index < -0.39 is 6.04 Å². The van der Waals surface area contributed by atoms with Crippen LogP contribution in [0.2, 0.25) is 0 Å². The van der Waals surface area contributed by atoms with E-state index in [0.29, 0.717) is 29.3 Å². The van der Waals surface area contributed by atoms with Crippen LogP contribution in [-0.2, 0) is 9.59 Å². The third-order valence-corrected chi connectivity index (χ3v) is 4.14. The lowest BCUT2D eigenvalue weighted by atomic mass is 10.0. The minimum absolute atomic E-state index is 0.128. The van der Waals surface area contributed by atoms with Gasteiger partial charge in [-0.05, 0) is 49.2 Å². The standard InChI is InChI=1S/C22H27N3O4/c1-5-29-19-9-7-6-8-18(19)21(27)25-20(14(2)3)22(28)24-17-12-10-16(11-13-17)23-15(4)26/h6-14,20H,5H2,1-4H3,(H,23,26)(H,24,28)(H,25,27). The number of anilines is 2. The summed E-state index contributed by atoms with van der Waals surface area (Å²) in [5.74, 6) is -0.518. The summed E-state index contributed by atoms with van der Waals surface area (Å²) in [6.45, 7) is 7.43. The SMILES string of the molecule is CCOc1ccccc1C(=O)NC(C(=O)Nc1ccc(NC(C)=O)cc1)C(C)C. The maximum atomic E-state index is 12.8. The van der Waals surface area contributed by atoms with Crippen LogP contribution in [0, 0.1) is 5.92 Å². The fourth-order valence-electron chi connectivity index (χ4n) is 2.75. The zero-order valence-corrected chi connectivity index (χ0v) is 17.1.